The van der Waals surface area contributed by atoms with Crippen LogP contribution in [0.4, 0.5) is 5.69 Å². The van der Waals surface area contributed by atoms with Crippen LogP contribution < -0.4 is 15.8 Å². The summed E-state index contributed by atoms with van der Waals surface area (Å²) >= 11 is 0. The van der Waals surface area contributed by atoms with Crippen molar-refractivity contribution in [2.45, 2.75) is 26.8 Å². The highest BCUT2D eigenvalue weighted by molar-refractivity contribution is 5.95. The minimum atomic E-state index is -1.04. The van der Waals surface area contributed by atoms with Crippen molar-refractivity contribution in [1.82, 2.24) is 0 Å². The van der Waals surface area contributed by atoms with E-state index < -0.39 is 18.6 Å². The van der Waals surface area contributed by atoms with Gasteiger partial charge in [-0.05, 0) is 29.7 Å². The Morgan fingerprint density at radius 3 is 2.30 bits per heavy atom. The fourth-order valence-electron chi connectivity index (χ4n) is 1.39. The Labute approximate surface area is 117 Å². The van der Waals surface area contributed by atoms with Crippen LogP contribution >= 0.6 is 0 Å². The van der Waals surface area contributed by atoms with E-state index in [1.807, 2.05) is 20.8 Å². The number of rotatable bonds is 5. The van der Waals surface area contributed by atoms with E-state index in [4.69, 9.17) is 15.6 Å². The van der Waals surface area contributed by atoms with Crippen LogP contribution in [0.5, 0.6) is 5.75 Å². The molecule has 0 heterocycles. The van der Waals surface area contributed by atoms with Gasteiger partial charge in [0.25, 0.3) is 0 Å². The molecule has 0 aliphatic rings. The van der Waals surface area contributed by atoms with Gasteiger partial charge in [0.1, 0.15) is 5.75 Å². The van der Waals surface area contributed by atoms with Crippen molar-refractivity contribution < 1.29 is 19.4 Å². The van der Waals surface area contributed by atoms with Crippen LogP contribution in [0.15, 0.2) is 24.3 Å². The van der Waals surface area contributed by atoms with E-state index in [0.717, 1.165) is 0 Å². The van der Waals surface area contributed by atoms with Gasteiger partial charge in [0.2, 0.25) is 5.91 Å². The third kappa shape index (κ3) is 4.89. The lowest BCUT2D eigenvalue weighted by molar-refractivity contribution is -0.139. The Balaban J connectivity index is 2.61. The molecule has 6 nitrogen and oxygen atoms in total. The molecular weight excluding hydrogens is 260 g/mol. The Kier molecular flexibility index (Phi) is 5.10. The number of amides is 1. The highest BCUT2D eigenvalue weighted by Crippen LogP contribution is 2.20. The molecule has 0 aliphatic heterocycles. The number of carbonyl (C=O) groups excluding carboxylic acids is 1. The van der Waals surface area contributed by atoms with E-state index in [1.54, 1.807) is 24.3 Å². The molecule has 0 radical (unpaired) electrons. The van der Waals surface area contributed by atoms with Gasteiger partial charge in [-0.3, -0.25) is 4.79 Å². The Bertz CT molecular complexity index is 477. The van der Waals surface area contributed by atoms with Crippen LogP contribution in [0.2, 0.25) is 0 Å². The standard InChI is InChI=1S/C14H20N2O4/c1-14(2,3)12(15)13(19)16-9-4-6-10(7-5-9)20-8-11(17)18/h4-7,12H,8,15H2,1-3H3,(H,16,19)(H,17,18)/t12-/m0/s1. The first kappa shape index (κ1) is 16.0. The summed E-state index contributed by atoms with van der Waals surface area (Å²) in [5.41, 5.74) is 6.11. The molecule has 1 amide bonds. The van der Waals surface area contributed by atoms with E-state index in [-0.39, 0.29) is 11.3 Å². The first-order valence-corrected chi connectivity index (χ1v) is 6.21. The fraction of sp³-hybridized carbons (Fsp3) is 0.429. The van der Waals surface area contributed by atoms with Gasteiger partial charge in [0.15, 0.2) is 6.61 Å². The number of hydrogen-bond acceptors (Lipinski definition) is 4. The lowest BCUT2D eigenvalue weighted by Gasteiger charge is -2.25. The average molecular weight is 280 g/mol. The number of carbonyl (C=O) groups is 2. The molecule has 20 heavy (non-hydrogen) atoms. The van der Waals surface area contributed by atoms with Crippen molar-refractivity contribution >= 4 is 17.6 Å². The van der Waals surface area contributed by atoms with Gasteiger partial charge in [0, 0.05) is 5.69 Å². The van der Waals surface area contributed by atoms with Crippen LogP contribution in [-0.4, -0.2) is 29.6 Å². The van der Waals surface area contributed by atoms with Gasteiger partial charge in [-0.1, -0.05) is 20.8 Å². The van der Waals surface area contributed by atoms with Crippen molar-refractivity contribution in [2.24, 2.45) is 11.1 Å². The molecular formula is C14H20N2O4. The minimum Gasteiger partial charge on any atom is -0.482 e. The average Bonchev–Trinajstić information content (AvgIpc) is 2.35. The molecule has 110 valence electrons. The predicted molar refractivity (Wildman–Crippen MR) is 75.6 cm³/mol. The number of benzene rings is 1. The zero-order valence-electron chi connectivity index (χ0n) is 11.8. The maximum absolute atomic E-state index is 11.9. The molecule has 0 aromatic heterocycles. The Morgan fingerprint density at radius 2 is 1.85 bits per heavy atom. The van der Waals surface area contributed by atoms with Crippen molar-refractivity contribution in [1.29, 1.82) is 0 Å². The topological polar surface area (TPSA) is 102 Å². The summed E-state index contributed by atoms with van der Waals surface area (Å²) in [6.45, 7) is 5.26. The van der Waals surface area contributed by atoms with Gasteiger partial charge < -0.3 is 20.9 Å². The molecule has 4 N–H and O–H groups in total. The molecule has 0 spiro atoms. The third-order valence-corrected chi connectivity index (χ3v) is 2.70. The normalized spacial score (nSPS) is 12.6. The molecule has 1 atom stereocenters. The van der Waals surface area contributed by atoms with E-state index in [9.17, 15) is 9.59 Å². The zero-order valence-corrected chi connectivity index (χ0v) is 11.8. The molecule has 6 heteroatoms. The van der Waals surface area contributed by atoms with Crippen molar-refractivity contribution in [3.63, 3.8) is 0 Å². The highest BCUT2D eigenvalue weighted by Gasteiger charge is 2.27. The van der Waals surface area contributed by atoms with Gasteiger partial charge in [-0.15, -0.1) is 0 Å². The van der Waals surface area contributed by atoms with E-state index >= 15 is 0 Å². The SMILES string of the molecule is CC(C)(C)[C@@H](N)C(=O)Nc1ccc(OCC(=O)O)cc1. The summed E-state index contributed by atoms with van der Waals surface area (Å²) < 4.78 is 4.99. The Morgan fingerprint density at radius 1 is 1.30 bits per heavy atom. The number of nitrogens with two attached hydrogens (primary N) is 1. The zero-order chi connectivity index (χ0) is 15.3. The largest absolute Gasteiger partial charge is 0.482 e. The van der Waals surface area contributed by atoms with Crippen molar-refractivity contribution in [3.8, 4) is 5.75 Å². The fourth-order valence-corrected chi connectivity index (χ4v) is 1.39. The van der Waals surface area contributed by atoms with Crippen LogP contribution in [-0.2, 0) is 9.59 Å². The monoisotopic (exact) mass is 280 g/mol. The van der Waals surface area contributed by atoms with E-state index in [0.29, 0.717) is 11.4 Å². The number of ether oxygens (including phenoxy) is 1. The summed E-state index contributed by atoms with van der Waals surface area (Å²) in [7, 11) is 0. The van der Waals surface area contributed by atoms with Crippen molar-refractivity contribution in [2.75, 3.05) is 11.9 Å². The Hall–Kier alpha value is -2.08. The molecule has 0 unspecified atom stereocenters. The van der Waals surface area contributed by atoms with Crippen LogP contribution in [0.1, 0.15) is 20.8 Å². The second-order valence-electron chi connectivity index (χ2n) is 5.54. The molecule has 0 fully saturated rings. The van der Waals surface area contributed by atoms with Gasteiger partial charge in [-0.25, -0.2) is 4.79 Å². The van der Waals surface area contributed by atoms with E-state index in [1.165, 1.54) is 0 Å². The maximum Gasteiger partial charge on any atom is 0.341 e. The number of carboxylic acid groups (broad SMARTS) is 1. The number of anilines is 1. The minimum absolute atomic E-state index is 0.267. The lowest BCUT2D eigenvalue weighted by Crippen LogP contribution is -2.45. The highest BCUT2D eigenvalue weighted by atomic mass is 16.5. The third-order valence-electron chi connectivity index (χ3n) is 2.70. The molecule has 0 saturated carbocycles. The molecule has 0 aliphatic carbocycles. The summed E-state index contributed by atoms with van der Waals surface area (Å²) in [5.74, 6) is -0.888. The molecule has 0 saturated heterocycles. The van der Waals surface area contributed by atoms with Crippen LogP contribution in [0.25, 0.3) is 0 Å². The smallest absolute Gasteiger partial charge is 0.341 e. The second kappa shape index (κ2) is 6.38. The lowest BCUT2D eigenvalue weighted by atomic mass is 9.87. The number of nitrogens with one attached hydrogen (secondary N) is 1. The summed E-state index contributed by atoms with van der Waals surface area (Å²) in [4.78, 5) is 22.3. The predicted octanol–water partition coefficient (Wildman–Crippen LogP) is 1.46. The first-order chi connectivity index (χ1) is 9.20. The van der Waals surface area contributed by atoms with Crippen molar-refractivity contribution in [3.05, 3.63) is 24.3 Å². The van der Waals surface area contributed by atoms with Gasteiger partial charge >= 0.3 is 5.97 Å². The first-order valence-electron chi connectivity index (χ1n) is 6.21. The van der Waals surface area contributed by atoms with Gasteiger partial charge in [0.05, 0.1) is 6.04 Å². The summed E-state index contributed by atoms with van der Waals surface area (Å²) in [6, 6.07) is 5.81. The van der Waals surface area contributed by atoms with Gasteiger partial charge in [-0.2, -0.15) is 0 Å². The number of hydrogen-bond donors (Lipinski definition) is 3. The summed E-state index contributed by atoms with van der Waals surface area (Å²) in [5, 5.41) is 11.2. The number of carboxylic acids is 1. The molecule has 1 aromatic carbocycles. The van der Waals surface area contributed by atoms with Crippen LogP contribution in [0.3, 0.4) is 0 Å². The van der Waals surface area contributed by atoms with E-state index in [2.05, 4.69) is 5.32 Å². The molecule has 1 rings (SSSR count). The molecule has 1 aromatic rings. The van der Waals surface area contributed by atoms with Crippen LogP contribution in [0, 0.1) is 5.41 Å². The quantitative estimate of drug-likeness (QED) is 0.758. The maximum atomic E-state index is 11.9. The molecule has 0 bridgehead atoms. The summed E-state index contributed by atoms with van der Waals surface area (Å²) in [6.07, 6.45) is 0. The second-order valence-corrected chi connectivity index (χ2v) is 5.54. The number of aliphatic carboxylic acids is 1.